The van der Waals surface area contributed by atoms with Gasteiger partial charge in [-0.2, -0.15) is 4.98 Å². The molecule has 4 rings (SSSR count). The molecule has 3 aromatic rings. The number of hydrogen-bond acceptors (Lipinski definition) is 8. The van der Waals surface area contributed by atoms with Gasteiger partial charge in [-0.25, -0.2) is 12.8 Å². The molecule has 8 nitrogen and oxygen atoms in total. The molecular weight excluding hydrogens is 447 g/mol. The van der Waals surface area contributed by atoms with E-state index < -0.39 is 15.7 Å². The smallest absolute Gasteiger partial charge is 0.265 e. The van der Waals surface area contributed by atoms with Crippen LogP contribution >= 0.6 is 11.8 Å². The van der Waals surface area contributed by atoms with E-state index in [4.69, 9.17) is 13.6 Å². The number of benzene rings is 1. The molecule has 1 aromatic carbocycles. The third-order valence-electron chi connectivity index (χ3n) is 4.56. The zero-order valence-electron chi connectivity index (χ0n) is 16.2. The first-order valence-corrected chi connectivity index (χ1v) is 12.0. The van der Waals surface area contributed by atoms with Gasteiger partial charge in [0.15, 0.2) is 5.76 Å². The Balaban J connectivity index is 1.55. The Bertz CT molecular complexity index is 1140. The fraction of sp³-hybridized carbons (Fsp3) is 0.300. The monoisotopic (exact) mass is 466 g/mol. The van der Waals surface area contributed by atoms with Crippen molar-refractivity contribution in [3.63, 3.8) is 0 Å². The Morgan fingerprint density at radius 1 is 1.26 bits per heavy atom. The van der Waals surface area contributed by atoms with Crippen molar-refractivity contribution in [2.24, 2.45) is 0 Å². The normalized spacial score (nSPS) is 16.5. The summed E-state index contributed by atoms with van der Waals surface area (Å²) < 4.78 is 55.7. The summed E-state index contributed by atoms with van der Waals surface area (Å²) in [6, 6.07) is 7.57. The number of ether oxygens (including phenoxy) is 1. The summed E-state index contributed by atoms with van der Waals surface area (Å²) in [5.74, 6) is -0.724. The molecule has 0 radical (unpaired) electrons. The van der Waals surface area contributed by atoms with E-state index >= 15 is 0 Å². The maximum atomic E-state index is 13.2. The number of halogens is 1. The highest BCUT2D eigenvalue weighted by molar-refractivity contribution is 8.00. The lowest BCUT2D eigenvalue weighted by molar-refractivity contribution is -0.119. The molecule has 0 saturated carbocycles. The molecule has 1 N–H and O–H groups in total. The summed E-state index contributed by atoms with van der Waals surface area (Å²) in [4.78, 5) is 16.2. The molecule has 3 heterocycles. The van der Waals surface area contributed by atoms with E-state index in [0.29, 0.717) is 13.2 Å². The van der Waals surface area contributed by atoms with Crippen molar-refractivity contribution in [2.75, 3.05) is 18.9 Å². The highest BCUT2D eigenvalue weighted by atomic mass is 32.2. The van der Waals surface area contributed by atoms with Gasteiger partial charge in [-0.1, -0.05) is 11.8 Å². The third-order valence-corrected chi connectivity index (χ3v) is 7.32. The molecule has 1 fully saturated rings. The number of furan rings is 1. The van der Waals surface area contributed by atoms with Gasteiger partial charge in [0.1, 0.15) is 5.82 Å². The lowest BCUT2D eigenvalue weighted by Crippen LogP contribution is -2.32. The molecule has 164 valence electrons. The number of sulfone groups is 1. The molecule has 1 saturated heterocycles. The number of thioether (sulfide) groups is 1. The second kappa shape index (κ2) is 9.25. The minimum atomic E-state index is -4.12. The maximum absolute atomic E-state index is 13.2. The largest absolute Gasteiger partial charge is 0.459 e. The van der Waals surface area contributed by atoms with Crippen LogP contribution in [0.1, 0.15) is 12.8 Å². The van der Waals surface area contributed by atoms with Crippen LogP contribution in [-0.2, 0) is 19.4 Å². The van der Waals surface area contributed by atoms with E-state index in [-0.39, 0.29) is 44.4 Å². The van der Waals surface area contributed by atoms with Crippen LogP contribution in [0.3, 0.4) is 0 Å². The second-order valence-electron chi connectivity index (χ2n) is 6.77. The van der Waals surface area contributed by atoms with Crippen LogP contribution in [0.4, 0.5) is 4.39 Å². The Morgan fingerprint density at radius 2 is 2.06 bits per heavy atom. The summed E-state index contributed by atoms with van der Waals surface area (Å²) >= 11 is 0.904. The summed E-state index contributed by atoms with van der Waals surface area (Å²) in [6.45, 7) is 1.09. The van der Waals surface area contributed by atoms with E-state index in [1.807, 2.05) is 0 Å². The summed E-state index contributed by atoms with van der Waals surface area (Å²) in [5, 5.41) is 2.36. The summed E-state index contributed by atoms with van der Waals surface area (Å²) in [6.07, 6.45) is 3.26. The predicted molar refractivity (Wildman–Crippen MR) is 109 cm³/mol. The number of amides is 1. The molecular formula is C20H19FN2O6S2. The van der Waals surface area contributed by atoms with E-state index in [9.17, 15) is 17.6 Å². The third kappa shape index (κ3) is 5.00. The molecule has 11 heteroatoms. The fourth-order valence-corrected chi connectivity index (χ4v) is 5.36. The quantitative estimate of drug-likeness (QED) is 0.398. The topological polar surface area (TPSA) is 112 Å². The molecule has 0 aliphatic carbocycles. The molecule has 1 aliphatic heterocycles. The first-order chi connectivity index (χ1) is 14.9. The Hall–Kier alpha value is -2.63. The zero-order valence-corrected chi connectivity index (χ0v) is 17.9. The van der Waals surface area contributed by atoms with Crippen molar-refractivity contribution in [1.29, 1.82) is 0 Å². The molecule has 0 spiro atoms. The van der Waals surface area contributed by atoms with E-state index in [1.54, 1.807) is 12.1 Å². The zero-order chi connectivity index (χ0) is 21.8. The van der Waals surface area contributed by atoms with Crippen LogP contribution in [0.15, 0.2) is 66.5 Å². The van der Waals surface area contributed by atoms with E-state index in [1.165, 1.54) is 6.26 Å². The van der Waals surface area contributed by atoms with Crippen LogP contribution in [0.2, 0.25) is 0 Å². The predicted octanol–water partition coefficient (Wildman–Crippen LogP) is 3.29. The van der Waals surface area contributed by atoms with Crippen molar-refractivity contribution in [3.8, 4) is 11.7 Å². The molecule has 2 aromatic heterocycles. The van der Waals surface area contributed by atoms with Crippen molar-refractivity contribution in [2.45, 2.75) is 34.0 Å². The number of hydrogen-bond donors (Lipinski definition) is 1. The minimum absolute atomic E-state index is 0.000741. The van der Waals surface area contributed by atoms with Crippen molar-refractivity contribution < 1.29 is 31.2 Å². The SMILES string of the molecule is O=C(CSc1oc(-c2ccco2)nc1S(=O)(=O)c1ccc(F)cc1)NC[C@H]1CCCO1. The van der Waals surface area contributed by atoms with Gasteiger partial charge in [0.25, 0.3) is 5.89 Å². The second-order valence-corrected chi connectivity index (χ2v) is 9.59. The average Bonchev–Trinajstić information content (AvgIpc) is 3.52. The number of rotatable bonds is 8. The molecule has 0 unspecified atom stereocenters. The van der Waals surface area contributed by atoms with Crippen LogP contribution in [0.5, 0.6) is 0 Å². The van der Waals surface area contributed by atoms with Gasteiger partial charge in [-0.05, 0) is 49.2 Å². The summed E-state index contributed by atoms with van der Waals surface area (Å²) in [5.41, 5.74) is 0. The average molecular weight is 467 g/mol. The van der Waals surface area contributed by atoms with Gasteiger partial charge < -0.3 is 18.9 Å². The first-order valence-electron chi connectivity index (χ1n) is 9.50. The Labute approximate surface area is 182 Å². The van der Waals surface area contributed by atoms with Gasteiger partial charge in [-0.15, -0.1) is 0 Å². The molecule has 31 heavy (non-hydrogen) atoms. The number of carbonyl (C=O) groups excluding carboxylic acids is 1. The Morgan fingerprint density at radius 3 is 2.74 bits per heavy atom. The minimum Gasteiger partial charge on any atom is -0.459 e. The van der Waals surface area contributed by atoms with Gasteiger partial charge in [0.05, 0.1) is 23.0 Å². The molecule has 1 aliphatic rings. The molecule has 1 amide bonds. The first kappa shape index (κ1) is 21.6. The number of oxazole rings is 1. The number of carbonyl (C=O) groups is 1. The van der Waals surface area contributed by atoms with Gasteiger partial charge in [0.2, 0.25) is 25.9 Å². The number of nitrogens with zero attached hydrogens (tertiary/aromatic N) is 1. The lowest BCUT2D eigenvalue weighted by Gasteiger charge is -2.10. The van der Waals surface area contributed by atoms with E-state index in [2.05, 4.69) is 10.3 Å². The fourth-order valence-electron chi connectivity index (χ4n) is 3.00. The molecule has 0 bridgehead atoms. The number of nitrogens with one attached hydrogen (secondary N) is 1. The Kier molecular flexibility index (Phi) is 6.44. The van der Waals surface area contributed by atoms with Crippen LogP contribution in [0, 0.1) is 5.82 Å². The van der Waals surface area contributed by atoms with Crippen LogP contribution < -0.4 is 5.32 Å². The van der Waals surface area contributed by atoms with Gasteiger partial charge >= 0.3 is 0 Å². The highest BCUT2D eigenvalue weighted by Crippen LogP contribution is 2.35. The van der Waals surface area contributed by atoms with Crippen molar-refractivity contribution in [3.05, 3.63) is 48.5 Å². The van der Waals surface area contributed by atoms with Crippen LogP contribution in [-0.4, -0.2) is 44.3 Å². The lowest BCUT2D eigenvalue weighted by atomic mass is 10.2. The van der Waals surface area contributed by atoms with E-state index in [0.717, 1.165) is 48.9 Å². The van der Waals surface area contributed by atoms with Crippen LogP contribution in [0.25, 0.3) is 11.7 Å². The van der Waals surface area contributed by atoms with Gasteiger partial charge in [0, 0.05) is 13.2 Å². The molecule has 1 atom stereocenters. The summed E-state index contributed by atoms with van der Waals surface area (Å²) in [7, 11) is -4.12. The standard InChI is InChI=1S/C20H19FN2O6S2/c21-13-5-7-15(8-6-13)31(25,26)19-20(29-18(23-19)16-4-2-10-28-16)30-12-17(24)22-11-14-3-1-9-27-14/h2,4-8,10,14H,1,3,9,11-12H2,(H,22,24)/t14-/m1/s1. The van der Waals surface area contributed by atoms with Crippen molar-refractivity contribution in [1.82, 2.24) is 10.3 Å². The number of aromatic nitrogens is 1. The maximum Gasteiger partial charge on any atom is 0.265 e. The van der Waals surface area contributed by atoms with Crippen molar-refractivity contribution >= 4 is 27.5 Å². The highest BCUT2D eigenvalue weighted by Gasteiger charge is 2.30. The van der Waals surface area contributed by atoms with Gasteiger partial charge in [-0.3, -0.25) is 4.79 Å².